The molecule has 5 heteroatoms. The van der Waals surface area contributed by atoms with Gasteiger partial charge in [0.1, 0.15) is 5.49 Å². The maximum absolute atomic E-state index is 13.0. The number of methoxy groups -OCH3 is 1. The van der Waals surface area contributed by atoms with Gasteiger partial charge in [-0.15, -0.1) is 0 Å². The van der Waals surface area contributed by atoms with Gasteiger partial charge in [0.05, 0.1) is 18.7 Å². The standard InChI is InChI=1S/C21H24N2O3/c1-15-11-12-23(19(13-15)22-18-9-4-3-5-10-18)20(24)16-7-6-8-17(14-16)21(25)26-2/h6-8,11-14,18H,3-5,9-10H2,1-2H3. The molecule has 0 amide bonds. The lowest BCUT2D eigenvalue weighted by molar-refractivity contribution is 0.0600. The van der Waals surface area contributed by atoms with Crippen LogP contribution in [-0.4, -0.2) is 29.6 Å². The van der Waals surface area contributed by atoms with Crippen molar-refractivity contribution >= 4 is 11.9 Å². The van der Waals surface area contributed by atoms with E-state index in [1.54, 1.807) is 35.0 Å². The van der Waals surface area contributed by atoms with Crippen molar-refractivity contribution in [1.82, 2.24) is 4.57 Å². The predicted molar refractivity (Wildman–Crippen MR) is 99.1 cm³/mol. The zero-order valence-electron chi connectivity index (χ0n) is 15.3. The molecule has 0 radical (unpaired) electrons. The summed E-state index contributed by atoms with van der Waals surface area (Å²) in [6.07, 6.45) is 7.54. The summed E-state index contributed by atoms with van der Waals surface area (Å²) >= 11 is 0. The van der Waals surface area contributed by atoms with E-state index in [0.717, 1.165) is 18.4 Å². The highest BCUT2D eigenvalue weighted by molar-refractivity contribution is 5.98. The third kappa shape index (κ3) is 4.10. The Balaban J connectivity index is 1.99. The molecule has 0 saturated heterocycles. The summed E-state index contributed by atoms with van der Waals surface area (Å²) in [5, 5.41) is 0. The van der Waals surface area contributed by atoms with Gasteiger partial charge in [0.25, 0.3) is 5.91 Å². The molecule has 0 spiro atoms. The van der Waals surface area contributed by atoms with Crippen molar-refractivity contribution in [3.05, 3.63) is 64.8 Å². The van der Waals surface area contributed by atoms with Gasteiger partial charge in [0.2, 0.25) is 0 Å². The maximum Gasteiger partial charge on any atom is 0.337 e. The molecule has 1 saturated carbocycles. The molecule has 26 heavy (non-hydrogen) atoms. The van der Waals surface area contributed by atoms with Crippen molar-refractivity contribution < 1.29 is 14.3 Å². The van der Waals surface area contributed by atoms with Crippen LogP contribution in [-0.2, 0) is 4.74 Å². The molecule has 0 atom stereocenters. The summed E-state index contributed by atoms with van der Waals surface area (Å²) < 4.78 is 6.31. The molecule has 1 heterocycles. The molecule has 1 aromatic carbocycles. The highest BCUT2D eigenvalue weighted by atomic mass is 16.5. The number of hydrogen-bond donors (Lipinski definition) is 0. The van der Waals surface area contributed by atoms with Crippen LogP contribution in [0.25, 0.3) is 0 Å². The highest BCUT2D eigenvalue weighted by Crippen LogP contribution is 2.19. The zero-order valence-corrected chi connectivity index (χ0v) is 15.3. The molecule has 136 valence electrons. The summed E-state index contributed by atoms with van der Waals surface area (Å²) in [5.41, 5.74) is 2.52. The largest absolute Gasteiger partial charge is 0.465 e. The average molecular weight is 352 g/mol. The van der Waals surface area contributed by atoms with Crippen LogP contribution in [0.4, 0.5) is 0 Å². The average Bonchev–Trinajstić information content (AvgIpc) is 2.68. The molecule has 2 aromatic rings. The lowest BCUT2D eigenvalue weighted by Gasteiger charge is -2.18. The second kappa shape index (κ2) is 8.13. The predicted octanol–water partition coefficient (Wildman–Crippen LogP) is 3.51. The van der Waals surface area contributed by atoms with E-state index in [1.165, 1.54) is 26.4 Å². The number of pyridine rings is 1. The van der Waals surface area contributed by atoms with E-state index >= 15 is 0 Å². The SMILES string of the molecule is COC(=O)c1cccc(C(=O)n2ccc(C)cc2=NC2CCCCC2)c1. The van der Waals surface area contributed by atoms with E-state index in [-0.39, 0.29) is 11.9 Å². The van der Waals surface area contributed by atoms with Gasteiger partial charge in [-0.1, -0.05) is 25.3 Å². The molecule has 5 nitrogen and oxygen atoms in total. The van der Waals surface area contributed by atoms with Crippen LogP contribution < -0.4 is 5.49 Å². The number of aromatic nitrogens is 1. The van der Waals surface area contributed by atoms with E-state index in [0.29, 0.717) is 16.6 Å². The number of ether oxygens (including phenoxy) is 1. The van der Waals surface area contributed by atoms with E-state index in [1.807, 2.05) is 19.1 Å². The zero-order chi connectivity index (χ0) is 18.5. The number of aryl methyl sites for hydroxylation is 1. The monoisotopic (exact) mass is 352 g/mol. The maximum atomic E-state index is 13.0. The molecule has 0 bridgehead atoms. The van der Waals surface area contributed by atoms with Gasteiger partial charge in [-0.3, -0.25) is 14.4 Å². The van der Waals surface area contributed by atoms with Crippen molar-refractivity contribution in [3.63, 3.8) is 0 Å². The number of hydrogen-bond acceptors (Lipinski definition) is 4. The second-order valence-electron chi connectivity index (χ2n) is 6.73. The van der Waals surface area contributed by atoms with Crippen molar-refractivity contribution in [2.45, 2.75) is 45.1 Å². The van der Waals surface area contributed by atoms with Gasteiger partial charge >= 0.3 is 5.97 Å². The molecular formula is C21H24N2O3. The van der Waals surface area contributed by atoms with Crippen LogP contribution in [0.3, 0.4) is 0 Å². The minimum absolute atomic E-state index is 0.203. The minimum Gasteiger partial charge on any atom is -0.465 e. The Morgan fingerprint density at radius 3 is 2.54 bits per heavy atom. The number of esters is 1. The van der Waals surface area contributed by atoms with Crippen molar-refractivity contribution in [2.24, 2.45) is 4.99 Å². The molecule has 1 aliphatic rings. The van der Waals surface area contributed by atoms with Crippen LogP contribution in [0.2, 0.25) is 0 Å². The van der Waals surface area contributed by atoms with Crippen molar-refractivity contribution in [2.75, 3.05) is 7.11 Å². The first-order valence-corrected chi connectivity index (χ1v) is 9.05. The van der Waals surface area contributed by atoms with Gasteiger partial charge in [-0.2, -0.15) is 0 Å². The van der Waals surface area contributed by atoms with Gasteiger partial charge in [0.15, 0.2) is 0 Å². The molecule has 1 aliphatic carbocycles. The first kappa shape index (κ1) is 18.1. The topological polar surface area (TPSA) is 60.7 Å². The summed E-state index contributed by atoms with van der Waals surface area (Å²) in [5.74, 6) is -0.661. The van der Waals surface area contributed by atoms with Crippen molar-refractivity contribution in [3.8, 4) is 0 Å². The minimum atomic E-state index is -0.458. The molecule has 1 fully saturated rings. The summed E-state index contributed by atoms with van der Waals surface area (Å²) in [6.45, 7) is 1.99. The van der Waals surface area contributed by atoms with Crippen molar-refractivity contribution in [1.29, 1.82) is 0 Å². The first-order valence-electron chi connectivity index (χ1n) is 9.05. The molecule has 0 N–H and O–H groups in total. The van der Waals surface area contributed by atoms with E-state index in [9.17, 15) is 9.59 Å². The lowest BCUT2D eigenvalue weighted by Crippen LogP contribution is -2.30. The Morgan fingerprint density at radius 1 is 1.08 bits per heavy atom. The van der Waals surface area contributed by atoms with E-state index < -0.39 is 5.97 Å². The third-order valence-electron chi connectivity index (χ3n) is 4.73. The number of rotatable bonds is 3. The summed E-state index contributed by atoms with van der Waals surface area (Å²) in [4.78, 5) is 29.6. The lowest BCUT2D eigenvalue weighted by atomic mass is 9.96. The van der Waals surface area contributed by atoms with Gasteiger partial charge in [-0.05, 0) is 55.7 Å². The van der Waals surface area contributed by atoms with Crippen LogP contribution in [0.15, 0.2) is 47.6 Å². The van der Waals surface area contributed by atoms with Gasteiger partial charge in [-0.25, -0.2) is 4.79 Å². The third-order valence-corrected chi connectivity index (χ3v) is 4.73. The Kier molecular flexibility index (Phi) is 5.66. The normalized spacial score (nSPS) is 15.7. The van der Waals surface area contributed by atoms with Gasteiger partial charge < -0.3 is 4.74 Å². The molecule has 0 unspecified atom stereocenters. The van der Waals surface area contributed by atoms with Crippen LogP contribution in [0, 0.1) is 6.92 Å². The Labute approximate surface area is 153 Å². The van der Waals surface area contributed by atoms with Gasteiger partial charge in [0, 0.05) is 11.8 Å². The quantitative estimate of drug-likeness (QED) is 0.794. The number of benzene rings is 1. The fourth-order valence-electron chi connectivity index (χ4n) is 3.29. The van der Waals surface area contributed by atoms with Crippen LogP contribution >= 0.6 is 0 Å². The molecular weight excluding hydrogens is 328 g/mol. The second-order valence-corrected chi connectivity index (χ2v) is 6.73. The Bertz CT molecular complexity index is 877. The molecule has 1 aromatic heterocycles. The molecule has 0 aliphatic heterocycles. The smallest absolute Gasteiger partial charge is 0.337 e. The Hall–Kier alpha value is -2.69. The highest BCUT2D eigenvalue weighted by Gasteiger charge is 2.15. The number of carbonyl (C=O) groups is 2. The van der Waals surface area contributed by atoms with E-state index in [4.69, 9.17) is 9.73 Å². The first-order chi connectivity index (χ1) is 12.6. The Morgan fingerprint density at radius 2 is 1.81 bits per heavy atom. The molecule has 3 rings (SSSR count). The van der Waals surface area contributed by atoms with Crippen LogP contribution in [0.1, 0.15) is 58.4 Å². The summed E-state index contributed by atoms with van der Waals surface area (Å²) in [6, 6.07) is 10.7. The number of nitrogens with zero attached hydrogens (tertiary/aromatic N) is 2. The van der Waals surface area contributed by atoms with E-state index in [2.05, 4.69) is 0 Å². The fourth-order valence-corrected chi connectivity index (χ4v) is 3.29. The summed E-state index contributed by atoms with van der Waals surface area (Å²) in [7, 11) is 1.33. The fraction of sp³-hybridized carbons (Fsp3) is 0.381. The number of carbonyl (C=O) groups excluding carboxylic acids is 2. The van der Waals surface area contributed by atoms with Crippen LogP contribution in [0.5, 0.6) is 0 Å².